The number of hydrogen-bond acceptors (Lipinski definition) is 3. The monoisotopic (exact) mass is 173 g/mol. The molecule has 0 aromatic carbocycles. The number of β-amino-alcohol motifs (C(OH)–C–C–N with tert-alkyl or cyclic N) is 1. The van der Waals surface area contributed by atoms with Crippen molar-refractivity contribution in [1.29, 1.82) is 0 Å². The van der Waals surface area contributed by atoms with E-state index in [-0.39, 0.29) is 18.6 Å². The van der Waals surface area contributed by atoms with Gasteiger partial charge in [-0.25, -0.2) is 0 Å². The van der Waals surface area contributed by atoms with E-state index in [0.29, 0.717) is 5.92 Å². The minimum atomic E-state index is 0.198. The molecule has 0 bridgehead atoms. The number of nitrogens with zero attached hydrogens (tertiary/aromatic N) is 1. The fourth-order valence-electron chi connectivity index (χ4n) is 1.95. The summed E-state index contributed by atoms with van der Waals surface area (Å²) in [6.45, 7) is 7.46. The van der Waals surface area contributed by atoms with Gasteiger partial charge in [0.05, 0.1) is 6.61 Å². The molecule has 1 heterocycles. The van der Waals surface area contributed by atoms with Gasteiger partial charge in [-0.1, -0.05) is 13.8 Å². The van der Waals surface area contributed by atoms with Crippen LogP contribution < -0.4 is 0 Å². The van der Waals surface area contributed by atoms with E-state index < -0.39 is 0 Å². The molecule has 1 unspecified atom stereocenters. The minimum Gasteiger partial charge on any atom is -0.396 e. The normalized spacial score (nSPS) is 29.5. The highest BCUT2D eigenvalue weighted by Gasteiger charge is 2.38. The molecule has 1 saturated heterocycles. The summed E-state index contributed by atoms with van der Waals surface area (Å²) in [6, 6.07) is 0. The Morgan fingerprint density at radius 3 is 2.50 bits per heavy atom. The molecule has 1 fully saturated rings. The Hall–Kier alpha value is -0.120. The van der Waals surface area contributed by atoms with E-state index in [9.17, 15) is 0 Å². The third-order valence-electron chi connectivity index (χ3n) is 2.85. The van der Waals surface area contributed by atoms with E-state index in [4.69, 9.17) is 10.2 Å². The van der Waals surface area contributed by atoms with Crippen LogP contribution in [0.1, 0.15) is 13.8 Å². The van der Waals surface area contributed by atoms with Gasteiger partial charge in [-0.3, -0.25) is 0 Å². The summed E-state index contributed by atoms with van der Waals surface area (Å²) in [5, 5.41) is 17.9. The van der Waals surface area contributed by atoms with Crippen LogP contribution in [0.4, 0.5) is 0 Å². The average molecular weight is 173 g/mol. The van der Waals surface area contributed by atoms with Crippen molar-refractivity contribution in [3.8, 4) is 0 Å². The lowest BCUT2D eigenvalue weighted by Crippen LogP contribution is -2.26. The molecule has 0 radical (unpaired) electrons. The van der Waals surface area contributed by atoms with Crippen LogP contribution in [0.2, 0.25) is 0 Å². The van der Waals surface area contributed by atoms with E-state index >= 15 is 0 Å². The largest absolute Gasteiger partial charge is 0.396 e. The zero-order valence-corrected chi connectivity index (χ0v) is 7.95. The second-order valence-corrected chi connectivity index (χ2v) is 4.33. The van der Waals surface area contributed by atoms with Gasteiger partial charge in [0.15, 0.2) is 0 Å². The molecule has 0 amide bonds. The second kappa shape index (κ2) is 3.73. The summed E-state index contributed by atoms with van der Waals surface area (Å²) < 4.78 is 0. The van der Waals surface area contributed by atoms with Gasteiger partial charge in [0.2, 0.25) is 0 Å². The SMILES string of the molecule is CC1(C)CN(CCO)CC1CO. The Balaban J connectivity index is 2.48. The number of likely N-dealkylation sites (tertiary alicyclic amines) is 1. The standard InChI is InChI=1S/C9H19NO2/c1-9(2)7-10(3-4-11)5-8(9)6-12/h8,11-12H,3-7H2,1-2H3. The highest BCUT2D eigenvalue weighted by Crippen LogP contribution is 2.34. The Morgan fingerprint density at radius 1 is 1.42 bits per heavy atom. The van der Waals surface area contributed by atoms with E-state index in [1.54, 1.807) is 0 Å². The third-order valence-corrected chi connectivity index (χ3v) is 2.85. The maximum absolute atomic E-state index is 9.10. The Bertz CT molecular complexity index is 147. The van der Waals surface area contributed by atoms with Crippen molar-refractivity contribution in [2.75, 3.05) is 32.8 Å². The lowest BCUT2D eigenvalue weighted by molar-refractivity contribution is 0.161. The van der Waals surface area contributed by atoms with Crippen LogP contribution in [0.5, 0.6) is 0 Å². The van der Waals surface area contributed by atoms with Crippen LogP contribution in [0.15, 0.2) is 0 Å². The van der Waals surface area contributed by atoms with Crippen molar-refractivity contribution < 1.29 is 10.2 Å². The summed E-state index contributed by atoms with van der Waals surface area (Å²) in [7, 11) is 0. The molecule has 0 aromatic rings. The highest BCUT2D eigenvalue weighted by molar-refractivity contribution is 4.89. The Kier molecular flexibility index (Phi) is 3.09. The van der Waals surface area contributed by atoms with Crippen molar-refractivity contribution in [3.63, 3.8) is 0 Å². The molecule has 12 heavy (non-hydrogen) atoms. The molecule has 72 valence electrons. The van der Waals surface area contributed by atoms with Crippen molar-refractivity contribution in [3.05, 3.63) is 0 Å². The summed E-state index contributed by atoms with van der Waals surface area (Å²) >= 11 is 0. The number of aliphatic hydroxyl groups is 2. The van der Waals surface area contributed by atoms with E-state index in [1.807, 2.05) is 0 Å². The van der Waals surface area contributed by atoms with Gasteiger partial charge in [-0.05, 0) is 5.41 Å². The van der Waals surface area contributed by atoms with Gasteiger partial charge in [0, 0.05) is 32.2 Å². The summed E-state index contributed by atoms with van der Waals surface area (Å²) in [6.07, 6.45) is 0. The van der Waals surface area contributed by atoms with Gasteiger partial charge in [0.25, 0.3) is 0 Å². The van der Waals surface area contributed by atoms with Gasteiger partial charge in [0.1, 0.15) is 0 Å². The van der Waals surface area contributed by atoms with Crippen LogP contribution in [0.3, 0.4) is 0 Å². The smallest absolute Gasteiger partial charge is 0.0558 e. The average Bonchev–Trinajstić information content (AvgIpc) is 2.25. The van der Waals surface area contributed by atoms with E-state index in [1.165, 1.54) is 0 Å². The van der Waals surface area contributed by atoms with Crippen LogP contribution in [0.25, 0.3) is 0 Å². The first kappa shape index (κ1) is 9.96. The fraction of sp³-hybridized carbons (Fsp3) is 1.00. The summed E-state index contributed by atoms with van der Waals surface area (Å²) in [4.78, 5) is 2.21. The number of hydrogen-bond donors (Lipinski definition) is 2. The first-order valence-electron chi connectivity index (χ1n) is 4.54. The first-order chi connectivity index (χ1) is 5.60. The predicted octanol–water partition coefficient (Wildman–Crippen LogP) is -0.0710. The highest BCUT2D eigenvalue weighted by atomic mass is 16.3. The first-order valence-corrected chi connectivity index (χ1v) is 4.54. The molecule has 0 saturated carbocycles. The molecule has 1 atom stereocenters. The van der Waals surface area contributed by atoms with Crippen LogP contribution in [-0.4, -0.2) is 48.0 Å². The topological polar surface area (TPSA) is 43.7 Å². The molecule has 1 aliphatic heterocycles. The number of rotatable bonds is 3. The molecule has 1 rings (SSSR count). The Morgan fingerprint density at radius 2 is 2.08 bits per heavy atom. The zero-order chi connectivity index (χ0) is 9.19. The molecule has 2 N–H and O–H groups in total. The molecular formula is C9H19NO2. The lowest BCUT2D eigenvalue weighted by Gasteiger charge is -2.23. The molecule has 0 aromatic heterocycles. The van der Waals surface area contributed by atoms with Gasteiger partial charge >= 0.3 is 0 Å². The minimum absolute atomic E-state index is 0.198. The van der Waals surface area contributed by atoms with Crippen molar-refractivity contribution in [2.24, 2.45) is 11.3 Å². The van der Waals surface area contributed by atoms with Crippen molar-refractivity contribution in [2.45, 2.75) is 13.8 Å². The van der Waals surface area contributed by atoms with E-state index in [2.05, 4.69) is 18.7 Å². The molecular weight excluding hydrogens is 154 g/mol. The number of aliphatic hydroxyl groups excluding tert-OH is 2. The Labute approximate surface area is 74.0 Å². The van der Waals surface area contributed by atoms with Gasteiger partial charge in [-0.15, -0.1) is 0 Å². The lowest BCUT2D eigenvalue weighted by atomic mass is 9.83. The van der Waals surface area contributed by atoms with Crippen molar-refractivity contribution in [1.82, 2.24) is 4.90 Å². The predicted molar refractivity (Wildman–Crippen MR) is 47.9 cm³/mol. The quantitative estimate of drug-likeness (QED) is 0.628. The van der Waals surface area contributed by atoms with Gasteiger partial charge < -0.3 is 15.1 Å². The summed E-state index contributed by atoms with van der Waals surface area (Å²) in [5.41, 5.74) is 0.198. The van der Waals surface area contributed by atoms with Gasteiger partial charge in [-0.2, -0.15) is 0 Å². The van der Waals surface area contributed by atoms with Crippen LogP contribution in [0, 0.1) is 11.3 Å². The third kappa shape index (κ3) is 1.97. The fourth-order valence-corrected chi connectivity index (χ4v) is 1.95. The van der Waals surface area contributed by atoms with Crippen LogP contribution >= 0.6 is 0 Å². The maximum Gasteiger partial charge on any atom is 0.0558 e. The van der Waals surface area contributed by atoms with Crippen molar-refractivity contribution >= 4 is 0 Å². The van der Waals surface area contributed by atoms with Crippen LogP contribution in [-0.2, 0) is 0 Å². The maximum atomic E-state index is 9.10. The molecule has 0 spiro atoms. The van der Waals surface area contributed by atoms with E-state index in [0.717, 1.165) is 19.6 Å². The molecule has 3 nitrogen and oxygen atoms in total. The second-order valence-electron chi connectivity index (χ2n) is 4.33. The summed E-state index contributed by atoms with van der Waals surface area (Å²) in [5.74, 6) is 0.365. The zero-order valence-electron chi connectivity index (χ0n) is 7.95. The molecule has 3 heteroatoms. The molecule has 1 aliphatic rings. The molecule has 0 aliphatic carbocycles.